The molecule has 0 radical (unpaired) electrons. The highest BCUT2D eigenvalue weighted by atomic mass is 32.1. The number of carbonyl (C=O) groups excluding carboxylic acids is 2. The van der Waals surface area contributed by atoms with Crippen molar-refractivity contribution in [3.63, 3.8) is 0 Å². The van der Waals surface area contributed by atoms with E-state index in [9.17, 15) is 27.2 Å². The fourth-order valence-corrected chi connectivity index (χ4v) is 4.48. The third kappa shape index (κ3) is 4.67. The van der Waals surface area contributed by atoms with Crippen LogP contribution in [-0.4, -0.2) is 47.8 Å². The quantitative estimate of drug-likeness (QED) is 0.504. The molecule has 1 saturated heterocycles. The second-order valence-corrected chi connectivity index (χ2v) is 8.42. The van der Waals surface area contributed by atoms with Gasteiger partial charge in [-0.3, -0.25) is 9.59 Å². The zero-order valence-corrected chi connectivity index (χ0v) is 17.5. The normalized spacial score (nSPS) is 14.5. The number of amides is 2. The number of rotatable bonds is 3. The Morgan fingerprint density at radius 3 is 2.06 bits per heavy atom. The molecule has 4 nitrogen and oxygen atoms in total. The number of hydrogen-bond acceptors (Lipinski definition) is 3. The lowest BCUT2D eigenvalue weighted by molar-refractivity contribution is -0.137. The summed E-state index contributed by atoms with van der Waals surface area (Å²) in [5.74, 6) is -0.994. The Morgan fingerprint density at radius 2 is 1.44 bits per heavy atom. The lowest BCUT2D eigenvalue weighted by Gasteiger charge is -2.34. The molecule has 4 rings (SSSR count). The van der Waals surface area contributed by atoms with Crippen LogP contribution in [0.4, 0.5) is 17.6 Å². The van der Waals surface area contributed by atoms with Crippen LogP contribution in [-0.2, 0) is 6.18 Å². The first-order chi connectivity index (χ1) is 15.2. The van der Waals surface area contributed by atoms with Crippen LogP contribution in [0.2, 0.25) is 0 Å². The van der Waals surface area contributed by atoms with Crippen molar-refractivity contribution in [2.24, 2.45) is 0 Å². The summed E-state index contributed by atoms with van der Waals surface area (Å²) in [5, 5.41) is 0. The van der Waals surface area contributed by atoms with Crippen LogP contribution in [0.1, 0.15) is 25.6 Å². The van der Waals surface area contributed by atoms with Crippen molar-refractivity contribution in [1.29, 1.82) is 0 Å². The number of nitrogens with zero attached hydrogens (tertiary/aromatic N) is 2. The summed E-state index contributed by atoms with van der Waals surface area (Å²) >= 11 is 1.30. The molecule has 0 aliphatic carbocycles. The molecular weight excluding hydrogens is 444 g/mol. The number of thiophene rings is 1. The Morgan fingerprint density at radius 1 is 0.812 bits per heavy atom. The maximum atomic E-state index is 13.1. The summed E-state index contributed by atoms with van der Waals surface area (Å²) in [5.41, 5.74) is -0.0828. The van der Waals surface area contributed by atoms with Gasteiger partial charge in [0.15, 0.2) is 0 Å². The zero-order chi connectivity index (χ0) is 22.9. The van der Waals surface area contributed by atoms with Crippen molar-refractivity contribution in [2.75, 3.05) is 26.2 Å². The van der Waals surface area contributed by atoms with E-state index >= 15 is 0 Å². The molecule has 1 aromatic heterocycles. The number of piperazine rings is 1. The summed E-state index contributed by atoms with van der Waals surface area (Å²) < 4.78 is 51.9. The van der Waals surface area contributed by atoms with E-state index in [1.54, 1.807) is 29.2 Å². The Labute approximate surface area is 185 Å². The summed E-state index contributed by atoms with van der Waals surface area (Å²) in [6, 6.07) is 13.9. The largest absolute Gasteiger partial charge is 0.416 e. The van der Waals surface area contributed by atoms with Crippen molar-refractivity contribution in [3.05, 3.63) is 82.5 Å². The summed E-state index contributed by atoms with van der Waals surface area (Å²) in [6.07, 6.45) is -4.52. The first-order valence-electron chi connectivity index (χ1n) is 9.84. The molecule has 0 N–H and O–H groups in total. The van der Waals surface area contributed by atoms with E-state index in [1.165, 1.54) is 40.5 Å². The van der Waals surface area contributed by atoms with Crippen LogP contribution in [0.25, 0.3) is 10.4 Å². The first-order valence-corrected chi connectivity index (χ1v) is 10.7. The fraction of sp³-hybridized carbons (Fsp3) is 0.217. The maximum absolute atomic E-state index is 13.1. The standard InChI is InChI=1S/C23H18F4N2O2S/c24-18-6-4-15(5-7-18)19-8-9-20(32-19)22(31)29-12-10-28(11-13-29)21(30)16-2-1-3-17(14-16)23(25,26)27/h1-9,14H,10-13H2. The molecule has 0 saturated carbocycles. The molecule has 32 heavy (non-hydrogen) atoms. The molecule has 9 heteroatoms. The van der Waals surface area contributed by atoms with E-state index in [1.807, 2.05) is 0 Å². The smallest absolute Gasteiger partial charge is 0.335 e. The van der Waals surface area contributed by atoms with Gasteiger partial charge < -0.3 is 9.80 Å². The number of hydrogen-bond donors (Lipinski definition) is 0. The predicted octanol–water partition coefficient (Wildman–Crippen LogP) is 5.17. The van der Waals surface area contributed by atoms with Crippen LogP contribution in [0.15, 0.2) is 60.7 Å². The van der Waals surface area contributed by atoms with E-state index in [0.717, 1.165) is 22.6 Å². The average molecular weight is 462 g/mol. The van der Waals surface area contributed by atoms with Gasteiger partial charge in [0.25, 0.3) is 11.8 Å². The van der Waals surface area contributed by atoms with E-state index in [4.69, 9.17) is 0 Å². The maximum Gasteiger partial charge on any atom is 0.416 e. The van der Waals surface area contributed by atoms with Gasteiger partial charge in [0.05, 0.1) is 10.4 Å². The van der Waals surface area contributed by atoms with Crippen LogP contribution < -0.4 is 0 Å². The van der Waals surface area contributed by atoms with Crippen LogP contribution in [0.5, 0.6) is 0 Å². The molecule has 0 atom stereocenters. The van der Waals surface area contributed by atoms with E-state index in [2.05, 4.69) is 0 Å². The molecule has 3 aromatic rings. The molecule has 2 aromatic carbocycles. The van der Waals surface area contributed by atoms with Crippen molar-refractivity contribution >= 4 is 23.2 Å². The van der Waals surface area contributed by atoms with Crippen molar-refractivity contribution < 1.29 is 27.2 Å². The summed E-state index contributed by atoms with van der Waals surface area (Å²) in [6.45, 7) is 1.04. The molecule has 2 amide bonds. The molecule has 2 heterocycles. The Hall–Kier alpha value is -3.20. The second kappa shape index (κ2) is 8.74. The fourth-order valence-electron chi connectivity index (χ4n) is 3.50. The molecule has 0 spiro atoms. The van der Waals surface area contributed by atoms with Gasteiger partial charge in [0, 0.05) is 36.6 Å². The summed E-state index contributed by atoms with van der Waals surface area (Å²) in [4.78, 5) is 29.9. The van der Waals surface area contributed by atoms with Crippen LogP contribution in [0.3, 0.4) is 0 Å². The van der Waals surface area contributed by atoms with Gasteiger partial charge in [0.2, 0.25) is 0 Å². The third-order valence-corrected chi connectivity index (χ3v) is 6.36. The number of carbonyl (C=O) groups is 2. The third-order valence-electron chi connectivity index (χ3n) is 5.24. The van der Waals surface area contributed by atoms with E-state index in [-0.39, 0.29) is 43.5 Å². The predicted molar refractivity (Wildman–Crippen MR) is 113 cm³/mol. The molecule has 0 bridgehead atoms. The van der Waals surface area contributed by atoms with Gasteiger partial charge in [-0.15, -0.1) is 11.3 Å². The Bertz CT molecular complexity index is 1130. The number of halogens is 4. The molecule has 0 unspecified atom stereocenters. The van der Waals surface area contributed by atoms with Crippen LogP contribution in [0, 0.1) is 5.82 Å². The van der Waals surface area contributed by atoms with Gasteiger partial charge in [-0.1, -0.05) is 18.2 Å². The molecule has 1 aliphatic rings. The van der Waals surface area contributed by atoms with Gasteiger partial charge in [-0.2, -0.15) is 13.2 Å². The first kappa shape index (κ1) is 22.0. The topological polar surface area (TPSA) is 40.6 Å². The number of benzene rings is 2. The van der Waals surface area contributed by atoms with Gasteiger partial charge >= 0.3 is 6.18 Å². The molecule has 1 aliphatic heterocycles. The highest BCUT2D eigenvalue weighted by Gasteiger charge is 2.32. The van der Waals surface area contributed by atoms with Crippen molar-refractivity contribution in [1.82, 2.24) is 9.80 Å². The molecule has 1 fully saturated rings. The number of alkyl halides is 3. The van der Waals surface area contributed by atoms with Crippen molar-refractivity contribution in [3.8, 4) is 10.4 Å². The minimum absolute atomic E-state index is 0.0261. The van der Waals surface area contributed by atoms with E-state index in [0.29, 0.717) is 4.88 Å². The van der Waals surface area contributed by atoms with Crippen molar-refractivity contribution in [2.45, 2.75) is 6.18 Å². The zero-order valence-electron chi connectivity index (χ0n) is 16.7. The lowest BCUT2D eigenvalue weighted by atomic mass is 10.1. The molecular formula is C23H18F4N2O2S. The van der Waals surface area contributed by atoms with E-state index < -0.39 is 17.6 Å². The van der Waals surface area contributed by atoms with Gasteiger partial charge in [-0.05, 0) is 48.0 Å². The second-order valence-electron chi connectivity index (χ2n) is 7.33. The van der Waals surface area contributed by atoms with Crippen LogP contribution >= 0.6 is 11.3 Å². The lowest BCUT2D eigenvalue weighted by Crippen LogP contribution is -2.50. The minimum atomic E-state index is -4.52. The van der Waals surface area contributed by atoms with Gasteiger partial charge in [0.1, 0.15) is 5.82 Å². The highest BCUT2D eigenvalue weighted by molar-refractivity contribution is 7.17. The highest BCUT2D eigenvalue weighted by Crippen LogP contribution is 2.31. The van der Waals surface area contributed by atoms with Gasteiger partial charge in [-0.25, -0.2) is 4.39 Å². The summed E-state index contributed by atoms with van der Waals surface area (Å²) in [7, 11) is 0. The Kier molecular flexibility index (Phi) is 6.01. The minimum Gasteiger partial charge on any atom is -0.335 e. The Balaban J connectivity index is 1.39. The SMILES string of the molecule is O=C(c1cccc(C(F)(F)F)c1)N1CCN(C(=O)c2ccc(-c3ccc(F)cc3)s2)CC1. The molecule has 166 valence electrons. The monoisotopic (exact) mass is 462 g/mol. The average Bonchev–Trinajstić information content (AvgIpc) is 3.28.